The highest BCUT2D eigenvalue weighted by Gasteiger charge is 2.28. The third kappa shape index (κ3) is 5.64. The molecule has 0 atom stereocenters. The van der Waals surface area contributed by atoms with E-state index in [4.69, 9.17) is 15.0 Å². The summed E-state index contributed by atoms with van der Waals surface area (Å²) in [6, 6.07) is 63.4. The van der Waals surface area contributed by atoms with Crippen LogP contribution in [0.25, 0.3) is 56.4 Å². The van der Waals surface area contributed by atoms with Crippen molar-refractivity contribution >= 4 is 28.8 Å². The first-order valence-electron chi connectivity index (χ1n) is 16.6. The molecule has 0 aliphatic carbocycles. The quantitative estimate of drug-likeness (QED) is 0.178. The first-order valence-corrected chi connectivity index (χ1v) is 17.4. The predicted molar refractivity (Wildman–Crippen MR) is 206 cm³/mol. The van der Waals surface area contributed by atoms with Gasteiger partial charge in [-0.25, -0.2) is 15.0 Å². The zero-order valence-electron chi connectivity index (χ0n) is 27.0. The molecule has 0 bridgehead atoms. The molecule has 0 saturated heterocycles. The fourth-order valence-corrected chi connectivity index (χ4v) is 7.55. The van der Waals surface area contributed by atoms with E-state index in [-0.39, 0.29) is 0 Å². The Labute approximate surface area is 295 Å². The maximum atomic E-state index is 5.21. The molecule has 2 heterocycles. The fraction of sp³-hybridized carbons (Fsp3) is 0. The molecule has 0 radical (unpaired) electrons. The summed E-state index contributed by atoms with van der Waals surface area (Å²) in [7, 11) is 0. The van der Waals surface area contributed by atoms with E-state index in [9.17, 15) is 0 Å². The number of fused-ring (bicyclic) bond motifs is 2. The molecule has 9 rings (SSSR count). The van der Waals surface area contributed by atoms with Gasteiger partial charge in [0.2, 0.25) is 0 Å². The highest BCUT2D eigenvalue weighted by atomic mass is 32.2. The topological polar surface area (TPSA) is 41.9 Å². The second-order valence-corrected chi connectivity index (χ2v) is 13.2. The largest absolute Gasteiger partial charge is 0.307 e. The summed E-state index contributed by atoms with van der Waals surface area (Å²) in [4.78, 5) is 20.2. The van der Waals surface area contributed by atoms with E-state index in [1.807, 2.05) is 36.4 Å². The molecule has 0 amide bonds. The minimum Gasteiger partial charge on any atom is -0.307 e. The summed E-state index contributed by atoms with van der Waals surface area (Å²) in [5.41, 5.74) is 10.6. The Hall–Kier alpha value is -6.30. The molecular weight excluding hydrogens is 629 g/mol. The minimum atomic E-state index is 0.613. The molecule has 0 spiro atoms. The van der Waals surface area contributed by atoms with Crippen LogP contribution in [0.15, 0.2) is 192 Å². The molecule has 0 fully saturated rings. The fourth-order valence-electron chi connectivity index (χ4n) is 6.49. The van der Waals surface area contributed by atoms with E-state index in [1.54, 1.807) is 11.8 Å². The van der Waals surface area contributed by atoms with Crippen molar-refractivity contribution in [3.05, 3.63) is 182 Å². The molecule has 8 aromatic rings. The lowest BCUT2D eigenvalue weighted by Gasteiger charge is -2.34. The average molecular weight is 659 g/mol. The highest BCUT2D eigenvalue weighted by molar-refractivity contribution is 7.99. The van der Waals surface area contributed by atoms with Crippen molar-refractivity contribution in [2.75, 3.05) is 4.90 Å². The number of aromatic nitrogens is 3. The van der Waals surface area contributed by atoms with Crippen LogP contribution in [0.4, 0.5) is 17.1 Å². The van der Waals surface area contributed by atoms with Crippen molar-refractivity contribution in [1.29, 1.82) is 0 Å². The normalized spacial score (nSPS) is 11.9. The van der Waals surface area contributed by atoms with Crippen LogP contribution in [0.3, 0.4) is 0 Å². The Kier molecular flexibility index (Phi) is 7.72. The van der Waals surface area contributed by atoms with Crippen molar-refractivity contribution in [2.45, 2.75) is 9.79 Å². The Balaban J connectivity index is 1.30. The second kappa shape index (κ2) is 13.0. The maximum absolute atomic E-state index is 5.21. The summed E-state index contributed by atoms with van der Waals surface area (Å²) in [6.07, 6.45) is 0. The van der Waals surface area contributed by atoms with Crippen molar-refractivity contribution in [2.24, 2.45) is 0 Å². The van der Waals surface area contributed by atoms with Gasteiger partial charge in [-0.3, -0.25) is 0 Å². The molecule has 5 heteroatoms. The van der Waals surface area contributed by atoms with E-state index in [2.05, 4.69) is 150 Å². The molecule has 7 aromatic carbocycles. The molecule has 1 aliphatic rings. The maximum Gasteiger partial charge on any atom is 0.166 e. The van der Waals surface area contributed by atoms with E-state index < -0.39 is 0 Å². The summed E-state index contributed by atoms with van der Waals surface area (Å²) in [5.74, 6) is 1.88. The zero-order valence-corrected chi connectivity index (χ0v) is 27.8. The number of rotatable bonds is 6. The number of hydrogen-bond acceptors (Lipinski definition) is 5. The van der Waals surface area contributed by atoms with Gasteiger partial charge in [0.25, 0.3) is 0 Å². The van der Waals surface area contributed by atoms with Crippen LogP contribution < -0.4 is 4.90 Å². The second-order valence-electron chi connectivity index (χ2n) is 12.1. The number of anilines is 3. The van der Waals surface area contributed by atoms with E-state index >= 15 is 0 Å². The minimum absolute atomic E-state index is 0.613. The van der Waals surface area contributed by atoms with E-state index in [0.717, 1.165) is 44.9 Å². The predicted octanol–water partition coefficient (Wildman–Crippen LogP) is 12.1. The van der Waals surface area contributed by atoms with Crippen molar-refractivity contribution in [3.63, 3.8) is 0 Å². The van der Waals surface area contributed by atoms with Gasteiger partial charge in [-0.2, -0.15) is 0 Å². The molecule has 1 aliphatic heterocycles. The molecule has 4 nitrogen and oxygen atoms in total. The summed E-state index contributed by atoms with van der Waals surface area (Å²) < 4.78 is 0. The molecule has 1 aromatic heterocycles. The van der Waals surface area contributed by atoms with E-state index in [0.29, 0.717) is 17.5 Å². The van der Waals surface area contributed by atoms with Crippen LogP contribution in [0.1, 0.15) is 0 Å². The van der Waals surface area contributed by atoms with Gasteiger partial charge in [0, 0.05) is 26.5 Å². The van der Waals surface area contributed by atoms with Crippen LogP contribution in [-0.2, 0) is 0 Å². The van der Waals surface area contributed by atoms with Gasteiger partial charge in [-0.15, -0.1) is 0 Å². The number of benzene rings is 7. The lowest BCUT2D eigenvalue weighted by atomic mass is 9.96. The Morgan fingerprint density at radius 1 is 0.320 bits per heavy atom. The lowest BCUT2D eigenvalue weighted by Crippen LogP contribution is -2.16. The van der Waals surface area contributed by atoms with Crippen LogP contribution in [0, 0.1) is 0 Å². The molecule has 50 heavy (non-hydrogen) atoms. The van der Waals surface area contributed by atoms with Crippen molar-refractivity contribution in [3.8, 4) is 56.4 Å². The number of nitrogens with zero attached hydrogens (tertiary/aromatic N) is 4. The Bertz CT molecular complexity index is 2360. The van der Waals surface area contributed by atoms with Crippen LogP contribution >= 0.6 is 11.8 Å². The first kappa shape index (κ1) is 29.8. The number of hydrogen-bond donors (Lipinski definition) is 0. The van der Waals surface area contributed by atoms with Gasteiger partial charge in [0.15, 0.2) is 17.5 Å². The van der Waals surface area contributed by atoms with Crippen LogP contribution in [0.2, 0.25) is 0 Å². The van der Waals surface area contributed by atoms with Gasteiger partial charge >= 0.3 is 0 Å². The summed E-state index contributed by atoms with van der Waals surface area (Å²) in [5, 5.41) is 0. The van der Waals surface area contributed by atoms with Crippen LogP contribution in [-0.4, -0.2) is 15.0 Å². The van der Waals surface area contributed by atoms with Crippen LogP contribution in [0.5, 0.6) is 0 Å². The average Bonchev–Trinajstić information content (AvgIpc) is 3.20. The summed E-state index contributed by atoms with van der Waals surface area (Å²) in [6.45, 7) is 0. The zero-order chi connectivity index (χ0) is 33.3. The smallest absolute Gasteiger partial charge is 0.166 e. The molecule has 0 N–H and O–H groups in total. The van der Waals surface area contributed by atoms with E-state index in [1.165, 1.54) is 20.9 Å². The molecule has 236 valence electrons. The van der Waals surface area contributed by atoms with Gasteiger partial charge < -0.3 is 4.90 Å². The highest BCUT2D eigenvalue weighted by Crippen LogP contribution is 2.53. The molecule has 0 saturated carbocycles. The molecule has 0 unspecified atom stereocenters. The summed E-state index contributed by atoms with van der Waals surface area (Å²) >= 11 is 1.80. The first-order chi connectivity index (χ1) is 24.8. The monoisotopic (exact) mass is 658 g/mol. The third-order valence-electron chi connectivity index (χ3n) is 8.91. The Morgan fingerprint density at radius 3 is 1.34 bits per heavy atom. The van der Waals surface area contributed by atoms with Gasteiger partial charge in [-0.05, 0) is 64.7 Å². The molecular formula is C45H30N4S. The van der Waals surface area contributed by atoms with Gasteiger partial charge in [-0.1, -0.05) is 151 Å². The standard InChI is InChI=1S/C45H30N4S/c1-4-15-31(16-5-1)34-21-14-22-35(29-34)36-27-28-38(49-39-23-10-12-25-41(39)50-42-26-13-11-24-40(42)49)37(30-36)45-47-43(32-17-6-2-7-18-32)46-44(48-45)33-19-8-3-9-20-33/h1-30H. The SMILES string of the molecule is c1ccc(-c2cccc(-c3ccc(N4c5ccccc5Sc5ccccc54)c(-c4nc(-c5ccccc5)nc(-c5ccccc5)n4)c3)c2)cc1. The van der Waals surface area contributed by atoms with Gasteiger partial charge in [0.05, 0.1) is 17.1 Å². The third-order valence-corrected chi connectivity index (χ3v) is 10.0. The van der Waals surface area contributed by atoms with Crippen molar-refractivity contribution < 1.29 is 0 Å². The lowest BCUT2D eigenvalue weighted by molar-refractivity contribution is 1.07. The van der Waals surface area contributed by atoms with Gasteiger partial charge in [0.1, 0.15) is 0 Å². The van der Waals surface area contributed by atoms with Crippen molar-refractivity contribution in [1.82, 2.24) is 15.0 Å². The number of para-hydroxylation sites is 2. The Morgan fingerprint density at radius 2 is 0.760 bits per heavy atom.